The number of hydrogen-bond donors (Lipinski definition) is 2. The van der Waals surface area contributed by atoms with Crippen LogP contribution in [-0.4, -0.2) is 24.7 Å². The molecule has 4 nitrogen and oxygen atoms in total. The highest BCUT2D eigenvalue weighted by molar-refractivity contribution is 9.18. The van der Waals surface area contributed by atoms with Crippen molar-refractivity contribution >= 4 is 32.2 Å². The Labute approximate surface area is 110 Å². The van der Waals surface area contributed by atoms with Crippen LogP contribution in [0.5, 0.6) is 0 Å². The molecule has 0 aliphatic heterocycles. The van der Waals surface area contributed by atoms with E-state index < -0.39 is 5.97 Å². The van der Waals surface area contributed by atoms with Gasteiger partial charge < -0.3 is 10.1 Å². The Morgan fingerprint density at radius 2 is 2.00 bits per heavy atom. The van der Waals surface area contributed by atoms with Gasteiger partial charge in [-0.15, -0.1) is 0 Å². The second-order valence-corrected chi connectivity index (χ2v) is 3.61. The lowest BCUT2D eigenvalue weighted by Gasteiger charge is -2.08. The smallest absolute Gasteiger partial charge is 0.337 e. The Morgan fingerprint density at radius 1 is 1.41 bits per heavy atom. The Bertz CT molecular complexity index is 405. The highest BCUT2D eigenvalue weighted by Gasteiger charge is 2.10. The summed E-state index contributed by atoms with van der Waals surface area (Å²) < 4.78 is 4.82. The second kappa shape index (κ2) is 7.84. The van der Waals surface area contributed by atoms with Gasteiger partial charge in [0.05, 0.1) is 12.7 Å². The third kappa shape index (κ3) is 4.19. The maximum atomic E-state index is 11.3. The van der Waals surface area contributed by atoms with E-state index in [4.69, 9.17) is 5.41 Å². The molecule has 94 valence electrons. The van der Waals surface area contributed by atoms with Gasteiger partial charge in [-0.3, -0.25) is 5.41 Å². The summed E-state index contributed by atoms with van der Waals surface area (Å²) in [6.45, 7) is 4.00. The number of carbonyl (C=O) groups is 1. The Morgan fingerprint density at radius 3 is 2.41 bits per heavy atom. The van der Waals surface area contributed by atoms with Crippen molar-refractivity contribution in [2.45, 2.75) is 13.8 Å². The summed E-state index contributed by atoms with van der Waals surface area (Å²) in [5, 5.41) is 10.4. The van der Waals surface area contributed by atoms with Crippen LogP contribution in [-0.2, 0) is 4.74 Å². The average Bonchev–Trinajstić information content (AvgIpc) is 2.39. The van der Waals surface area contributed by atoms with Gasteiger partial charge in [0.1, 0.15) is 4.62 Å². The first-order valence-electron chi connectivity index (χ1n) is 5.24. The van der Waals surface area contributed by atoms with Gasteiger partial charge in [0.2, 0.25) is 0 Å². The van der Waals surface area contributed by atoms with E-state index in [1.165, 1.54) is 7.11 Å². The minimum atomic E-state index is -0.410. The molecule has 2 N–H and O–H groups in total. The number of esters is 1. The largest absolute Gasteiger partial charge is 0.465 e. The maximum absolute atomic E-state index is 11.3. The zero-order valence-corrected chi connectivity index (χ0v) is 12.0. The first-order chi connectivity index (χ1) is 8.10. The van der Waals surface area contributed by atoms with Gasteiger partial charge in [0, 0.05) is 18.3 Å². The van der Waals surface area contributed by atoms with Gasteiger partial charge >= 0.3 is 5.97 Å². The predicted octanol–water partition coefficient (Wildman–Crippen LogP) is 3.26. The van der Waals surface area contributed by atoms with E-state index in [1.54, 1.807) is 25.2 Å². The summed E-state index contributed by atoms with van der Waals surface area (Å²) in [7, 11) is 3.08. The molecule has 0 aliphatic rings. The minimum Gasteiger partial charge on any atom is -0.465 e. The molecule has 0 atom stereocenters. The number of hydrogen-bond acceptors (Lipinski definition) is 4. The highest BCUT2D eigenvalue weighted by atomic mass is 79.9. The first kappa shape index (κ1) is 15.6. The molecule has 0 aliphatic carbocycles. The number of benzene rings is 1. The number of nitrogens with one attached hydrogen (secondary N) is 2. The number of methoxy groups -OCH3 is 1. The fourth-order valence-electron chi connectivity index (χ4n) is 1.19. The molecular formula is C12H17BrN2O2. The zero-order valence-electron chi connectivity index (χ0n) is 10.4. The van der Waals surface area contributed by atoms with Gasteiger partial charge in [-0.1, -0.05) is 13.8 Å². The van der Waals surface area contributed by atoms with Gasteiger partial charge in [-0.25, -0.2) is 4.79 Å². The summed E-state index contributed by atoms with van der Waals surface area (Å²) in [6, 6.07) is 4.99. The van der Waals surface area contributed by atoms with Crippen LogP contribution in [0.25, 0.3) is 0 Å². The van der Waals surface area contributed by atoms with Gasteiger partial charge in [0.25, 0.3) is 0 Å². The van der Waals surface area contributed by atoms with Crippen molar-refractivity contribution in [2.75, 3.05) is 19.5 Å². The maximum Gasteiger partial charge on any atom is 0.337 e. The number of halogens is 1. The Kier molecular flexibility index (Phi) is 7.21. The van der Waals surface area contributed by atoms with Crippen LogP contribution >= 0.6 is 15.9 Å². The summed E-state index contributed by atoms with van der Waals surface area (Å²) in [4.78, 5) is 11.3. The topological polar surface area (TPSA) is 62.2 Å². The number of rotatable bonds is 3. The van der Waals surface area contributed by atoms with Crippen molar-refractivity contribution in [1.82, 2.24) is 0 Å². The number of carbonyl (C=O) groups excluding carboxylic acids is 1. The number of anilines is 1. The lowest BCUT2D eigenvalue weighted by Crippen LogP contribution is -2.05. The molecule has 5 heteroatoms. The van der Waals surface area contributed by atoms with Crippen molar-refractivity contribution in [3.63, 3.8) is 0 Å². The fraction of sp³-hybridized carbons (Fsp3) is 0.333. The van der Waals surface area contributed by atoms with Crippen molar-refractivity contribution in [3.8, 4) is 0 Å². The molecule has 0 amide bonds. The van der Waals surface area contributed by atoms with E-state index in [0.717, 1.165) is 5.69 Å². The van der Waals surface area contributed by atoms with Crippen LogP contribution in [0.15, 0.2) is 18.2 Å². The molecule has 0 aromatic heterocycles. The molecule has 17 heavy (non-hydrogen) atoms. The molecule has 0 bridgehead atoms. The molecule has 0 radical (unpaired) electrons. The Balaban J connectivity index is 0.00000121. The molecule has 0 saturated heterocycles. The average molecular weight is 301 g/mol. The van der Waals surface area contributed by atoms with Crippen molar-refractivity contribution < 1.29 is 9.53 Å². The molecule has 1 rings (SSSR count). The van der Waals surface area contributed by atoms with Crippen LogP contribution in [0.1, 0.15) is 29.8 Å². The second-order valence-electron chi connectivity index (χ2n) is 2.82. The summed E-state index contributed by atoms with van der Waals surface area (Å²) in [6.07, 6.45) is 0. The molecule has 0 heterocycles. The van der Waals surface area contributed by atoms with Crippen LogP contribution in [0, 0.1) is 5.41 Å². The van der Waals surface area contributed by atoms with Crippen molar-refractivity contribution in [1.29, 1.82) is 5.41 Å². The Hall–Kier alpha value is -1.36. The normalized spacial score (nSPS) is 8.76. The summed E-state index contributed by atoms with van der Waals surface area (Å²) >= 11 is 3.07. The molecule has 0 spiro atoms. The lowest BCUT2D eigenvalue weighted by atomic mass is 10.1. The standard InChI is InChI=1S/C10H11BrN2O2.C2H6/c1-13-8-4-3-6(10(14)15-2)5-7(8)9(11)12;1-2/h3-5,12-13H,1-2H3;1-2H3. The third-order valence-corrected chi connectivity index (χ3v) is 2.37. The zero-order chi connectivity index (χ0) is 13.4. The molecule has 1 aromatic carbocycles. The fourth-order valence-corrected chi connectivity index (χ4v) is 1.52. The third-order valence-electron chi connectivity index (χ3n) is 1.95. The predicted molar refractivity (Wildman–Crippen MR) is 74.4 cm³/mol. The summed E-state index contributed by atoms with van der Waals surface area (Å²) in [5.41, 5.74) is 1.83. The van der Waals surface area contributed by atoms with Crippen LogP contribution < -0.4 is 5.32 Å². The van der Waals surface area contributed by atoms with E-state index in [2.05, 4.69) is 26.0 Å². The molecular weight excluding hydrogens is 284 g/mol. The summed E-state index contributed by atoms with van der Waals surface area (Å²) in [5.74, 6) is -0.410. The molecule has 0 fully saturated rings. The van der Waals surface area contributed by atoms with E-state index in [1.807, 2.05) is 13.8 Å². The van der Waals surface area contributed by atoms with Gasteiger partial charge in [0.15, 0.2) is 0 Å². The number of ether oxygens (including phenoxy) is 1. The van der Waals surface area contributed by atoms with Crippen LogP contribution in [0.4, 0.5) is 5.69 Å². The van der Waals surface area contributed by atoms with E-state index in [0.29, 0.717) is 11.1 Å². The highest BCUT2D eigenvalue weighted by Crippen LogP contribution is 2.20. The van der Waals surface area contributed by atoms with Gasteiger partial charge in [-0.05, 0) is 34.1 Å². The van der Waals surface area contributed by atoms with E-state index >= 15 is 0 Å². The minimum absolute atomic E-state index is 0.220. The van der Waals surface area contributed by atoms with Gasteiger partial charge in [-0.2, -0.15) is 0 Å². The van der Waals surface area contributed by atoms with Crippen LogP contribution in [0.3, 0.4) is 0 Å². The first-order valence-corrected chi connectivity index (χ1v) is 6.04. The molecule has 0 unspecified atom stereocenters. The SMILES string of the molecule is CC.CNc1ccc(C(=O)OC)cc1C(=N)Br. The van der Waals surface area contributed by atoms with Crippen molar-refractivity contribution in [2.24, 2.45) is 0 Å². The van der Waals surface area contributed by atoms with Crippen LogP contribution in [0.2, 0.25) is 0 Å². The van der Waals surface area contributed by atoms with Crippen molar-refractivity contribution in [3.05, 3.63) is 29.3 Å². The molecule has 0 saturated carbocycles. The lowest BCUT2D eigenvalue weighted by molar-refractivity contribution is 0.0601. The van der Waals surface area contributed by atoms with E-state index in [9.17, 15) is 4.79 Å². The monoisotopic (exact) mass is 300 g/mol. The molecule has 1 aromatic rings. The van der Waals surface area contributed by atoms with E-state index in [-0.39, 0.29) is 4.62 Å². The quantitative estimate of drug-likeness (QED) is 0.665.